The van der Waals surface area contributed by atoms with Crippen LogP contribution in [0.1, 0.15) is 17.2 Å². The summed E-state index contributed by atoms with van der Waals surface area (Å²) in [4.78, 5) is 0. The quantitative estimate of drug-likeness (QED) is 0.905. The lowest BCUT2D eigenvalue weighted by atomic mass is 9.99. The minimum atomic E-state index is -3.60. The monoisotopic (exact) mass is 263 g/mol. The third kappa shape index (κ3) is 2.24. The van der Waals surface area contributed by atoms with Crippen LogP contribution >= 0.6 is 0 Å². The minimum Gasteiger partial charge on any atom is -0.395 e. The van der Waals surface area contributed by atoms with Gasteiger partial charge in [-0.15, -0.1) is 8.78 Å². The number of hydrogen-bond acceptors (Lipinski definition) is 3. The van der Waals surface area contributed by atoms with Crippen LogP contribution in [0.25, 0.3) is 0 Å². The molecule has 19 heavy (non-hydrogen) atoms. The molecule has 0 fully saturated rings. The van der Waals surface area contributed by atoms with E-state index in [0.717, 1.165) is 5.56 Å². The molecule has 98 valence electrons. The van der Waals surface area contributed by atoms with Gasteiger partial charge in [-0.25, -0.2) is 0 Å². The highest BCUT2D eigenvalue weighted by Gasteiger charge is 2.43. The molecule has 0 bridgehead atoms. The average Bonchev–Trinajstić information content (AvgIpc) is 2.71. The molecule has 0 saturated heterocycles. The molecule has 0 saturated carbocycles. The normalized spacial score (nSPS) is 17.2. The smallest absolute Gasteiger partial charge is 0.395 e. The van der Waals surface area contributed by atoms with Crippen molar-refractivity contribution in [3.63, 3.8) is 0 Å². The van der Waals surface area contributed by atoms with Crippen molar-refractivity contribution < 1.29 is 18.3 Å². The van der Waals surface area contributed by atoms with Crippen LogP contribution in [0.4, 0.5) is 8.78 Å². The van der Waals surface area contributed by atoms with Crippen LogP contribution in [0.5, 0.6) is 11.5 Å². The molecular weight excluding hydrogens is 252 g/mol. The van der Waals surface area contributed by atoms with E-state index in [2.05, 4.69) is 9.47 Å². The van der Waals surface area contributed by atoms with E-state index in [9.17, 15) is 8.78 Å². The SMILES string of the molecule is NC(c1ccccc1)c1ccc2c(c1)OC(F)(F)O2. The summed E-state index contributed by atoms with van der Waals surface area (Å²) >= 11 is 0. The molecule has 0 aliphatic carbocycles. The molecule has 2 N–H and O–H groups in total. The summed E-state index contributed by atoms with van der Waals surface area (Å²) in [6.07, 6.45) is -3.60. The van der Waals surface area contributed by atoms with Crippen LogP contribution in [0, 0.1) is 0 Å². The van der Waals surface area contributed by atoms with Crippen LogP contribution in [0.2, 0.25) is 0 Å². The fourth-order valence-corrected chi connectivity index (χ4v) is 2.01. The van der Waals surface area contributed by atoms with E-state index in [0.29, 0.717) is 5.56 Å². The second-order valence-corrected chi connectivity index (χ2v) is 4.26. The molecule has 0 aromatic heterocycles. The van der Waals surface area contributed by atoms with Gasteiger partial charge in [-0.05, 0) is 23.3 Å². The van der Waals surface area contributed by atoms with Gasteiger partial charge < -0.3 is 15.2 Å². The molecule has 1 aliphatic rings. The van der Waals surface area contributed by atoms with E-state index < -0.39 is 12.3 Å². The summed E-state index contributed by atoms with van der Waals surface area (Å²) in [6.45, 7) is 0. The van der Waals surface area contributed by atoms with E-state index >= 15 is 0 Å². The molecule has 1 atom stereocenters. The number of alkyl halides is 2. The Balaban J connectivity index is 1.92. The first-order chi connectivity index (χ1) is 9.05. The van der Waals surface area contributed by atoms with Gasteiger partial charge in [0.05, 0.1) is 6.04 Å². The van der Waals surface area contributed by atoms with Crippen molar-refractivity contribution in [3.8, 4) is 11.5 Å². The van der Waals surface area contributed by atoms with Crippen LogP contribution in [-0.4, -0.2) is 6.29 Å². The number of benzene rings is 2. The molecule has 0 spiro atoms. The maximum absolute atomic E-state index is 12.9. The zero-order chi connectivity index (χ0) is 13.5. The number of nitrogens with two attached hydrogens (primary N) is 1. The van der Waals surface area contributed by atoms with Gasteiger partial charge in [0.1, 0.15) is 0 Å². The molecular formula is C14H11F2NO2. The molecule has 2 aromatic carbocycles. The summed E-state index contributed by atoms with van der Waals surface area (Å²) in [6, 6.07) is 13.6. The molecule has 0 radical (unpaired) electrons. The zero-order valence-electron chi connectivity index (χ0n) is 9.85. The second-order valence-electron chi connectivity index (χ2n) is 4.26. The van der Waals surface area contributed by atoms with E-state index in [-0.39, 0.29) is 11.5 Å². The topological polar surface area (TPSA) is 44.5 Å². The van der Waals surface area contributed by atoms with Gasteiger partial charge in [0.25, 0.3) is 0 Å². The molecule has 2 aromatic rings. The van der Waals surface area contributed by atoms with Crippen molar-refractivity contribution in [2.75, 3.05) is 0 Å². The first-order valence-corrected chi connectivity index (χ1v) is 5.75. The van der Waals surface area contributed by atoms with E-state index in [4.69, 9.17) is 5.73 Å². The van der Waals surface area contributed by atoms with Crippen molar-refractivity contribution in [3.05, 3.63) is 59.7 Å². The van der Waals surface area contributed by atoms with Crippen molar-refractivity contribution in [2.24, 2.45) is 5.73 Å². The number of hydrogen-bond donors (Lipinski definition) is 1. The first kappa shape index (κ1) is 11.9. The maximum atomic E-state index is 12.9. The van der Waals surface area contributed by atoms with Gasteiger partial charge >= 0.3 is 6.29 Å². The average molecular weight is 263 g/mol. The van der Waals surface area contributed by atoms with Gasteiger partial charge in [0.15, 0.2) is 11.5 Å². The zero-order valence-corrected chi connectivity index (χ0v) is 9.85. The number of halogens is 2. The standard InChI is InChI=1S/C14H11F2NO2/c15-14(16)18-11-7-6-10(8-12(11)19-14)13(17)9-4-2-1-3-5-9/h1-8,13H,17H2. The first-order valence-electron chi connectivity index (χ1n) is 5.75. The van der Waals surface area contributed by atoms with E-state index in [1.807, 2.05) is 30.3 Å². The lowest BCUT2D eigenvalue weighted by molar-refractivity contribution is -0.286. The molecule has 1 heterocycles. The Labute approximate surface area is 108 Å². The van der Waals surface area contributed by atoms with Gasteiger partial charge in [0.2, 0.25) is 0 Å². The number of ether oxygens (including phenoxy) is 2. The Morgan fingerprint density at radius 2 is 1.58 bits per heavy atom. The lowest BCUT2D eigenvalue weighted by Crippen LogP contribution is -2.25. The van der Waals surface area contributed by atoms with Crippen LogP contribution in [0.15, 0.2) is 48.5 Å². The third-order valence-electron chi connectivity index (χ3n) is 2.94. The lowest BCUT2D eigenvalue weighted by Gasteiger charge is -2.12. The highest BCUT2D eigenvalue weighted by molar-refractivity contribution is 5.47. The van der Waals surface area contributed by atoms with Gasteiger partial charge in [-0.1, -0.05) is 36.4 Å². The van der Waals surface area contributed by atoms with E-state index in [1.54, 1.807) is 6.07 Å². The third-order valence-corrected chi connectivity index (χ3v) is 2.94. The van der Waals surface area contributed by atoms with Crippen LogP contribution in [0.3, 0.4) is 0 Å². The van der Waals surface area contributed by atoms with Crippen molar-refractivity contribution >= 4 is 0 Å². The number of rotatable bonds is 2. The van der Waals surface area contributed by atoms with Gasteiger partial charge in [-0.3, -0.25) is 0 Å². The highest BCUT2D eigenvalue weighted by atomic mass is 19.3. The summed E-state index contributed by atoms with van der Waals surface area (Å²) in [5.74, 6) is 0.0305. The molecule has 1 unspecified atom stereocenters. The van der Waals surface area contributed by atoms with E-state index in [1.165, 1.54) is 12.1 Å². The van der Waals surface area contributed by atoms with Crippen molar-refractivity contribution in [1.29, 1.82) is 0 Å². The predicted octanol–water partition coefficient (Wildman–Crippen LogP) is 3.06. The Morgan fingerprint density at radius 3 is 2.32 bits per heavy atom. The predicted molar refractivity (Wildman–Crippen MR) is 65.1 cm³/mol. The molecule has 5 heteroatoms. The molecule has 0 amide bonds. The largest absolute Gasteiger partial charge is 0.586 e. The van der Waals surface area contributed by atoms with Crippen molar-refractivity contribution in [2.45, 2.75) is 12.3 Å². The van der Waals surface area contributed by atoms with Gasteiger partial charge in [-0.2, -0.15) is 0 Å². The van der Waals surface area contributed by atoms with Crippen LogP contribution < -0.4 is 15.2 Å². The molecule has 1 aliphatic heterocycles. The maximum Gasteiger partial charge on any atom is 0.586 e. The fraction of sp³-hybridized carbons (Fsp3) is 0.143. The van der Waals surface area contributed by atoms with Crippen molar-refractivity contribution in [1.82, 2.24) is 0 Å². The molecule has 3 nitrogen and oxygen atoms in total. The summed E-state index contributed by atoms with van der Waals surface area (Å²) in [5.41, 5.74) is 7.68. The van der Waals surface area contributed by atoms with Crippen LogP contribution in [-0.2, 0) is 0 Å². The highest BCUT2D eigenvalue weighted by Crippen LogP contribution is 2.42. The minimum absolute atomic E-state index is 0.00822. The Kier molecular flexibility index (Phi) is 2.64. The fourth-order valence-electron chi connectivity index (χ4n) is 2.01. The summed E-state index contributed by atoms with van der Waals surface area (Å²) in [7, 11) is 0. The Morgan fingerprint density at radius 1 is 0.895 bits per heavy atom. The summed E-state index contributed by atoms with van der Waals surface area (Å²) < 4.78 is 34.6. The van der Waals surface area contributed by atoms with Gasteiger partial charge in [0, 0.05) is 0 Å². The summed E-state index contributed by atoms with van der Waals surface area (Å²) in [5, 5.41) is 0. The molecule has 3 rings (SSSR count). The Hall–Kier alpha value is -2.14. The second kappa shape index (κ2) is 4.20. The Bertz CT molecular complexity index is 602. The number of fused-ring (bicyclic) bond motifs is 1.